The molecule has 0 fully saturated rings. The number of hydrogen-bond acceptors (Lipinski definition) is 2. The molecule has 1 unspecified atom stereocenters. The molecule has 0 saturated heterocycles. The Bertz CT molecular complexity index is 274. The topological polar surface area (TPSA) is 43.8 Å². The quantitative estimate of drug-likeness (QED) is 0.766. The fourth-order valence-electron chi connectivity index (χ4n) is 1.48. The molecule has 3 heteroatoms. The maximum atomic E-state index is 5.73. The second-order valence-corrected chi connectivity index (χ2v) is 3.99. The Morgan fingerprint density at radius 1 is 1.46 bits per heavy atom. The summed E-state index contributed by atoms with van der Waals surface area (Å²) < 4.78 is 2.15. The van der Waals surface area contributed by atoms with Gasteiger partial charge in [-0.2, -0.15) is 0 Å². The smallest absolute Gasteiger partial charge is 0.110 e. The van der Waals surface area contributed by atoms with E-state index in [-0.39, 0.29) is 6.04 Å². The first-order chi connectivity index (χ1) is 6.02. The van der Waals surface area contributed by atoms with E-state index in [1.165, 1.54) is 5.69 Å². The third-order valence-electron chi connectivity index (χ3n) is 2.22. The highest BCUT2D eigenvalue weighted by molar-refractivity contribution is 5.09. The van der Waals surface area contributed by atoms with Crippen LogP contribution in [0.5, 0.6) is 0 Å². The van der Waals surface area contributed by atoms with Crippen LogP contribution >= 0.6 is 0 Å². The number of rotatable bonds is 3. The van der Waals surface area contributed by atoms with Gasteiger partial charge in [0.25, 0.3) is 0 Å². The minimum Gasteiger partial charge on any atom is -0.335 e. The second kappa shape index (κ2) is 3.92. The summed E-state index contributed by atoms with van der Waals surface area (Å²) in [5, 5.41) is 0. The van der Waals surface area contributed by atoms with Crippen LogP contribution in [0.3, 0.4) is 0 Å². The van der Waals surface area contributed by atoms with Crippen LogP contribution in [0, 0.1) is 0 Å². The Kier molecular flexibility index (Phi) is 3.09. The van der Waals surface area contributed by atoms with Gasteiger partial charge < -0.3 is 10.3 Å². The zero-order valence-electron chi connectivity index (χ0n) is 8.91. The van der Waals surface area contributed by atoms with Crippen LogP contribution in [-0.4, -0.2) is 15.6 Å². The second-order valence-electron chi connectivity index (χ2n) is 3.99. The van der Waals surface area contributed by atoms with E-state index < -0.39 is 0 Å². The molecule has 3 nitrogen and oxygen atoms in total. The first-order valence-corrected chi connectivity index (χ1v) is 4.78. The molecule has 0 aliphatic carbocycles. The van der Waals surface area contributed by atoms with Gasteiger partial charge in [0, 0.05) is 31.4 Å². The van der Waals surface area contributed by atoms with E-state index in [9.17, 15) is 0 Å². The molecule has 0 aliphatic rings. The molecular formula is C10H19N3. The van der Waals surface area contributed by atoms with Crippen molar-refractivity contribution in [1.82, 2.24) is 9.55 Å². The molecule has 1 heterocycles. The minimum absolute atomic E-state index is 0.182. The Morgan fingerprint density at radius 2 is 2.08 bits per heavy atom. The average molecular weight is 181 g/mol. The number of nitrogens with two attached hydrogens (primary N) is 1. The molecule has 74 valence electrons. The van der Waals surface area contributed by atoms with E-state index in [0.29, 0.717) is 5.92 Å². The van der Waals surface area contributed by atoms with Crippen LogP contribution in [0.2, 0.25) is 0 Å². The lowest BCUT2D eigenvalue weighted by molar-refractivity contribution is 0.647. The van der Waals surface area contributed by atoms with Gasteiger partial charge in [-0.15, -0.1) is 0 Å². The van der Waals surface area contributed by atoms with Crippen molar-refractivity contribution in [3.05, 3.63) is 17.7 Å². The Labute approximate surface area is 80.0 Å². The molecule has 1 aromatic rings. The van der Waals surface area contributed by atoms with Crippen LogP contribution in [0.4, 0.5) is 0 Å². The molecule has 0 aliphatic heterocycles. The molecule has 0 saturated carbocycles. The normalized spacial score (nSPS) is 13.7. The van der Waals surface area contributed by atoms with Crippen molar-refractivity contribution in [1.29, 1.82) is 0 Å². The molecule has 0 bridgehead atoms. The van der Waals surface area contributed by atoms with Crippen molar-refractivity contribution in [2.45, 2.75) is 39.2 Å². The lowest BCUT2D eigenvalue weighted by Crippen LogP contribution is -2.20. The van der Waals surface area contributed by atoms with Gasteiger partial charge in [0.05, 0.1) is 0 Å². The lowest BCUT2D eigenvalue weighted by Gasteiger charge is -2.09. The van der Waals surface area contributed by atoms with Crippen molar-refractivity contribution >= 4 is 0 Å². The first-order valence-electron chi connectivity index (χ1n) is 4.78. The van der Waals surface area contributed by atoms with Crippen molar-refractivity contribution in [3.63, 3.8) is 0 Å². The average Bonchev–Trinajstić information content (AvgIpc) is 2.32. The third-order valence-corrected chi connectivity index (χ3v) is 2.22. The summed E-state index contributed by atoms with van der Waals surface area (Å²) >= 11 is 0. The monoisotopic (exact) mass is 181 g/mol. The molecule has 2 N–H and O–H groups in total. The van der Waals surface area contributed by atoms with Crippen molar-refractivity contribution in [2.24, 2.45) is 12.8 Å². The maximum Gasteiger partial charge on any atom is 0.110 e. The molecular weight excluding hydrogens is 162 g/mol. The van der Waals surface area contributed by atoms with E-state index in [1.54, 1.807) is 0 Å². The van der Waals surface area contributed by atoms with Gasteiger partial charge in [-0.05, 0) is 12.8 Å². The lowest BCUT2D eigenvalue weighted by atomic mass is 10.1. The molecule has 1 aromatic heterocycles. The number of aromatic nitrogens is 2. The highest BCUT2D eigenvalue weighted by Crippen LogP contribution is 2.14. The summed E-state index contributed by atoms with van der Waals surface area (Å²) in [7, 11) is 2.06. The van der Waals surface area contributed by atoms with Gasteiger partial charge in [0.15, 0.2) is 0 Å². The third kappa shape index (κ3) is 2.31. The molecule has 0 aromatic carbocycles. The predicted octanol–water partition coefficient (Wildman–Crippen LogP) is 1.43. The van der Waals surface area contributed by atoms with Crippen LogP contribution in [0.1, 0.15) is 38.2 Å². The SMILES string of the molecule is CC(N)Cc1ncc(C(C)C)n1C. The number of hydrogen-bond donors (Lipinski definition) is 1. The summed E-state index contributed by atoms with van der Waals surface area (Å²) in [6.07, 6.45) is 2.80. The van der Waals surface area contributed by atoms with Crippen molar-refractivity contribution in [2.75, 3.05) is 0 Å². The van der Waals surface area contributed by atoms with Gasteiger partial charge in [0.2, 0.25) is 0 Å². The van der Waals surface area contributed by atoms with E-state index in [0.717, 1.165) is 12.2 Å². The highest BCUT2D eigenvalue weighted by atomic mass is 15.1. The van der Waals surface area contributed by atoms with Crippen LogP contribution < -0.4 is 5.73 Å². The minimum atomic E-state index is 0.182. The summed E-state index contributed by atoms with van der Waals surface area (Å²) in [6, 6.07) is 0.182. The predicted molar refractivity (Wildman–Crippen MR) is 54.7 cm³/mol. The van der Waals surface area contributed by atoms with Gasteiger partial charge >= 0.3 is 0 Å². The van der Waals surface area contributed by atoms with E-state index in [4.69, 9.17) is 5.73 Å². The fraction of sp³-hybridized carbons (Fsp3) is 0.700. The zero-order chi connectivity index (χ0) is 10.0. The summed E-state index contributed by atoms with van der Waals surface area (Å²) in [4.78, 5) is 4.36. The van der Waals surface area contributed by atoms with Crippen LogP contribution in [0.15, 0.2) is 6.20 Å². The molecule has 0 radical (unpaired) electrons. The Balaban J connectivity index is 2.86. The van der Waals surface area contributed by atoms with Gasteiger partial charge in [-0.3, -0.25) is 0 Å². The number of nitrogens with zero attached hydrogens (tertiary/aromatic N) is 2. The largest absolute Gasteiger partial charge is 0.335 e. The highest BCUT2D eigenvalue weighted by Gasteiger charge is 2.10. The fourth-order valence-corrected chi connectivity index (χ4v) is 1.48. The summed E-state index contributed by atoms with van der Waals surface area (Å²) in [6.45, 7) is 6.35. The van der Waals surface area contributed by atoms with E-state index in [1.807, 2.05) is 13.1 Å². The van der Waals surface area contributed by atoms with Crippen molar-refractivity contribution in [3.8, 4) is 0 Å². The van der Waals surface area contributed by atoms with E-state index in [2.05, 4.69) is 30.4 Å². The summed E-state index contributed by atoms with van der Waals surface area (Å²) in [5.41, 5.74) is 7.00. The zero-order valence-corrected chi connectivity index (χ0v) is 8.91. The molecule has 1 atom stereocenters. The Hall–Kier alpha value is -0.830. The molecule has 0 spiro atoms. The number of imidazole rings is 1. The molecule has 0 amide bonds. The van der Waals surface area contributed by atoms with E-state index >= 15 is 0 Å². The van der Waals surface area contributed by atoms with Gasteiger partial charge in [0.1, 0.15) is 5.82 Å². The van der Waals surface area contributed by atoms with Crippen LogP contribution in [0.25, 0.3) is 0 Å². The maximum absolute atomic E-state index is 5.73. The first kappa shape index (κ1) is 10.3. The standard InChI is InChI=1S/C10H19N3/c1-7(2)9-6-12-10(13(9)4)5-8(3)11/h6-8H,5,11H2,1-4H3. The Morgan fingerprint density at radius 3 is 2.46 bits per heavy atom. The summed E-state index contributed by atoms with van der Waals surface area (Å²) in [5.74, 6) is 1.61. The van der Waals surface area contributed by atoms with Crippen LogP contribution in [-0.2, 0) is 13.5 Å². The van der Waals surface area contributed by atoms with Gasteiger partial charge in [-0.1, -0.05) is 13.8 Å². The van der Waals surface area contributed by atoms with Crippen molar-refractivity contribution < 1.29 is 0 Å². The van der Waals surface area contributed by atoms with Gasteiger partial charge in [-0.25, -0.2) is 4.98 Å². The molecule has 13 heavy (non-hydrogen) atoms. The molecule has 1 rings (SSSR count).